The summed E-state index contributed by atoms with van der Waals surface area (Å²) in [6.45, 7) is 6.17. The number of hydrogen-bond acceptors (Lipinski definition) is 3. The first-order valence-electron chi connectivity index (χ1n) is 8.44. The predicted octanol–water partition coefficient (Wildman–Crippen LogP) is 3.34. The second kappa shape index (κ2) is 7.05. The summed E-state index contributed by atoms with van der Waals surface area (Å²) >= 11 is 0. The summed E-state index contributed by atoms with van der Waals surface area (Å²) in [5.74, 6) is 0.0236. The summed E-state index contributed by atoms with van der Waals surface area (Å²) in [4.78, 5) is 14.4. The van der Waals surface area contributed by atoms with Crippen molar-refractivity contribution in [1.82, 2.24) is 4.90 Å². The Hall–Kier alpha value is -2.33. The summed E-state index contributed by atoms with van der Waals surface area (Å²) in [6, 6.07) is 12.5. The van der Waals surface area contributed by atoms with Crippen LogP contribution >= 0.6 is 0 Å². The maximum absolute atomic E-state index is 12.4. The predicted molar refractivity (Wildman–Crippen MR) is 99.5 cm³/mol. The number of carbonyl (C=O) groups excluding carboxylic acids is 1. The fourth-order valence-electron chi connectivity index (χ4n) is 3.33. The lowest BCUT2D eigenvalue weighted by atomic mass is 10.1. The Balaban J connectivity index is 1.62. The van der Waals surface area contributed by atoms with Gasteiger partial charge in [-0.2, -0.15) is 0 Å². The Kier molecular flexibility index (Phi) is 4.86. The van der Waals surface area contributed by atoms with Crippen LogP contribution in [0.3, 0.4) is 0 Å². The zero-order chi connectivity index (χ0) is 17.1. The van der Waals surface area contributed by atoms with Gasteiger partial charge in [0.2, 0.25) is 5.91 Å². The van der Waals surface area contributed by atoms with Crippen LogP contribution < -0.4 is 10.6 Å². The summed E-state index contributed by atoms with van der Waals surface area (Å²) < 4.78 is 0. The molecule has 1 aliphatic heterocycles. The number of fused-ring (bicyclic) bond motifs is 1. The quantitative estimate of drug-likeness (QED) is 0.887. The average molecular weight is 323 g/mol. The molecule has 0 unspecified atom stereocenters. The van der Waals surface area contributed by atoms with Crippen LogP contribution in [0, 0.1) is 13.8 Å². The molecule has 1 amide bonds. The van der Waals surface area contributed by atoms with Crippen LogP contribution in [0.2, 0.25) is 0 Å². The molecule has 2 aromatic carbocycles. The van der Waals surface area contributed by atoms with Crippen molar-refractivity contribution in [3.63, 3.8) is 0 Å². The third-order valence-electron chi connectivity index (χ3n) is 4.53. The summed E-state index contributed by atoms with van der Waals surface area (Å²) in [5, 5.41) is 6.51. The van der Waals surface area contributed by atoms with Crippen molar-refractivity contribution in [3.05, 3.63) is 58.7 Å². The number of likely N-dealkylation sites (N-methyl/N-ethyl adjacent to an activating group) is 1. The molecule has 0 atom stereocenters. The van der Waals surface area contributed by atoms with E-state index in [1.54, 1.807) is 0 Å². The van der Waals surface area contributed by atoms with Crippen LogP contribution in [0.5, 0.6) is 0 Å². The van der Waals surface area contributed by atoms with Crippen molar-refractivity contribution < 1.29 is 4.79 Å². The number of para-hydroxylation sites is 2. The van der Waals surface area contributed by atoms with Gasteiger partial charge in [0.05, 0.1) is 6.54 Å². The Labute approximate surface area is 143 Å². The van der Waals surface area contributed by atoms with Crippen molar-refractivity contribution in [2.24, 2.45) is 0 Å². The molecular formula is C20H25N3O. The Morgan fingerprint density at radius 1 is 1.17 bits per heavy atom. The molecule has 0 fully saturated rings. The van der Waals surface area contributed by atoms with E-state index in [0.717, 1.165) is 36.3 Å². The first kappa shape index (κ1) is 16.5. The smallest absolute Gasteiger partial charge is 0.238 e. The van der Waals surface area contributed by atoms with Gasteiger partial charge in [0.15, 0.2) is 0 Å². The third kappa shape index (κ3) is 3.60. The average Bonchev–Trinajstić information content (AvgIpc) is 3.00. The molecule has 4 nitrogen and oxygen atoms in total. The van der Waals surface area contributed by atoms with Crippen molar-refractivity contribution in [1.29, 1.82) is 0 Å². The monoisotopic (exact) mass is 323 g/mol. The number of nitrogens with zero attached hydrogens (tertiary/aromatic N) is 1. The molecule has 0 radical (unpaired) electrons. The third-order valence-corrected chi connectivity index (χ3v) is 4.53. The van der Waals surface area contributed by atoms with E-state index in [9.17, 15) is 4.79 Å². The molecule has 2 N–H and O–H groups in total. The number of rotatable bonds is 5. The van der Waals surface area contributed by atoms with Gasteiger partial charge in [0.1, 0.15) is 0 Å². The van der Waals surface area contributed by atoms with Gasteiger partial charge in [0.25, 0.3) is 0 Å². The van der Waals surface area contributed by atoms with E-state index < -0.39 is 0 Å². The van der Waals surface area contributed by atoms with Crippen molar-refractivity contribution in [2.75, 3.05) is 30.8 Å². The van der Waals surface area contributed by atoms with Crippen molar-refractivity contribution in [3.8, 4) is 0 Å². The SMILES string of the molecule is Cc1cccc(C)c1NC(=O)CN(C)Cc1cccc2c1NCC2. The van der Waals surface area contributed by atoms with E-state index in [4.69, 9.17) is 0 Å². The Bertz CT molecular complexity index is 734. The minimum atomic E-state index is 0.0236. The lowest BCUT2D eigenvalue weighted by Gasteiger charge is -2.19. The van der Waals surface area contributed by atoms with Gasteiger partial charge in [-0.25, -0.2) is 0 Å². The molecule has 2 aromatic rings. The number of hydrogen-bond donors (Lipinski definition) is 2. The number of amides is 1. The largest absolute Gasteiger partial charge is 0.384 e. The van der Waals surface area contributed by atoms with Gasteiger partial charge < -0.3 is 10.6 Å². The molecule has 0 saturated heterocycles. The highest BCUT2D eigenvalue weighted by Gasteiger charge is 2.16. The van der Waals surface area contributed by atoms with E-state index in [0.29, 0.717) is 6.54 Å². The lowest BCUT2D eigenvalue weighted by molar-refractivity contribution is -0.117. The number of anilines is 2. The van der Waals surface area contributed by atoms with Crippen molar-refractivity contribution >= 4 is 17.3 Å². The standard InChI is InChI=1S/C20H25N3O/c1-14-6-4-7-15(2)19(14)22-18(24)13-23(3)12-17-9-5-8-16-10-11-21-20(16)17/h4-9,21H,10-13H2,1-3H3,(H,22,24). The number of aryl methyl sites for hydroxylation is 2. The minimum absolute atomic E-state index is 0.0236. The fraction of sp³-hybridized carbons (Fsp3) is 0.350. The molecule has 0 bridgehead atoms. The topological polar surface area (TPSA) is 44.4 Å². The number of benzene rings is 2. The van der Waals surface area contributed by atoms with Gasteiger partial charge >= 0.3 is 0 Å². The van der Waals surface area contributed by atoms with Crippen LogP contribution in [0.15, 0.2) is 36.4 Å². The Morgan fingerprint density at radius 2 is 1.88 bits per heavy atom. The van der Waals surface area contributed by atoms with E-state index in [1.807, 2.05) is 39.1 Å². The molecule has 1 heterocycles. The van der Waals surface area contributed by atoms with Gasteiger partial charge in [-0.3, -0.25) is 9.69 Å². The highest BCUT2D eigenvalue weighted by Crippen LogP contribution is 2.27. The van der Waals surface area contributed by atoms with Crippen LogP contribution in [-0.4, -0.2) is 30.9 Å². The highest BCUT2D eigenvalue weighted by atomic mass is 16.2. The first-order valence-corrected chi connectivity index (χ1v) is 8.44. The molecule has 0 saturated carbocycles. The second-order valence-corrected chi connectivity index (χ2v) is 6.62. The number of nitrogens with one attached hydrogen (secondary N) is 2. The molecule has 0 aromatic heterocycles. The molecule has 24 heavy (non-hydrogen) atoms. The molecule has 4 heteroatoms. The van der Waals surface area contributed by atoms with E-state index >= 15 is 0 Å². The maximum atomic E-state index is 12.4. The van der Waals surface area contributed by atoms with Crippen LogP contribution in [0.1, 0.15) is 22.3 Å². The molecule has 0 aliphatic carbocycles. The van der Waals surface area contributed by atoms with Crippen LogP contribution in [0.4, 0.5) is 11.4 Å². The zero-order valence-electron chi connectivity index (χ0n) is 14.6. The van der Waals surface area contributed by atoms with Gasteiger partial charge in [0, 0.05) is 24.5 Å². The van der Waals surface area contributed by atoms with Crippen molar-refractivity contribution in [2.45, 2.75) is 26.8 Å². The molecule has 126 valence electrons. The second-order valence-electron chi connectivity index (χ2n) is 6.62. The maximum Gasteiger partial charge on any atom is 0.238 e. The molecular weight excluding hydrogens is 298 g/mol. The normalized spacial score (nSPS) is 12.8. The van der Waals surface area contributed by atoms with Gasteiger partial charge in [-0.1, -0.05) is 36.4 Å². The first-order chi connectivity index (χ1) is 11.5. The molecule has 0 spiro atoms. The summed E-state index contributed by atoms with van der Waals surface area (Å²) in [7, 11) is 1.98. The fourth-order valence-corrected chi connectivity index (χ4v) is 3.33. The summed E-state index contributed by atoms with van der Waals surface area (Å²) in [5.41, 5.74) is 7.00. The highest BCUT2D eigenvalue weighted by molar-refractivity contribution is 5.93. The van der Waals surface area contributed by atoms with E-state index in [1.165, 1.54) is 16.8 Å². The molecule has 3 rings (SSSR count). The van der Waals surface area contributed by atoms with Gasteiger partial charge in [-0.15, -0.1) is 0 Å². The number of carbonyl (C=O) groups is 1. The minimum Gasteiger partial charge on any atom is -0.384 e. The van der Waals surface area contributed by atoms with E-state index in [-0.39, 0.29) is 5.91 Å². The van der Waals surface area contributed by atoms with Crippen LogP contribution in [-0.2, 0) is 17.8 Å². The van der Waals surface area contributed by atoms with Gasteiger partial charge in [-0.05, 0) is 49.6 Å². The molecule has 1 aliphatic rings. The zero-order valence-corrected chi connectivity index (χ0v) is 14.6. The summed E-state index contributed by atoms with van der Waals surface area (Å²) in [6.07, 6.45) is 1.08. The van der Waals surface area contributed by atoms with Crippen LogP contribution in [0.25, 0.3) is 0 Å². The van der Waals surface area contributed by atoms with E-state index in [2.05, 4.69) is 33.7 Å². The lowest BCUT2D eigenvalue weighted by Crippen LogP contribution is -2.30. The Morgan fingerprint density at radius 3 is 2.62 bits per heavy atom.